The van der Waals surface area contributed by atoms with Crippen LogP contribution in [-0.4, -0.2) is 23.2 Å². The van der Waals surface area contributed by atoms with E-state index in [0.29, 0.717) is 12.5 Å². The molecule has 3 nitrogen and oxygen atoms in total. The van der Waals surface area contributed by atoms with E-state index in [0.717, 1.165) is 25.7 Å². The third-order valence-corrected chi connectivity index (χ3v) is 3.32. The Balaban J connectivity index is 1.70. The fraction of sp³-hybridized carbons (Fsp3) is 0.900. The highest BCUT2D eigenvalue weighted by molar-refractivity contribution is 5.81. The molecule has 3 heteroatoms. The van der Waals surface area contributed by atoms with Crippen LogP contribution in [0.5, 0.6) is 0 Å². The number of rotatable bonds is 3. The first-order valence-corrected chi connectivity index (χ1v) is 5.11. The van der Waals surface area contributed by atoms with Gasteiger partial charge in [0, 0.05) is 12.5 Å². The van der Waals surface area contributed by atoms with Gasteiger partial charge in [0.05, 0.1) is 5.60 Å². The summed E-state index contributed by atoms with van der Waals surface area (Å²) in [5.41, 5.74) is -0.576. The minimum atomic E-state index is -0.576. The Hall–Kier alpha value is -0.570. The van der Waals surface area contributed by atoms with Crippen LogP contribution >= 0.6 is 0 Å². The number of amides is 1. The Morgan fingerprint density at radius 2 is 2.23 bits per heavy atom. The zero-order chi connectivity index (χ0) is 9.47. The molecular formula is C10H17NO2. The number of nitrogens with one attached hydrogen (secondary N) is 1. The molecule has 2 rings (SSSR count). The number of hydrogen-bond acceptors (Lipinski definition) is 2. The molecule has 2 saturated carbocycles. The molecule has 2 atom stereocenters. The van der Waals surface area contributed by atoms with Gasteiger partial charge in [-0.25, -0.2) is 0 Å². The summed E-state index contributed by atoms with van der Waals surface area (Å²) in [5, 5.41) is 12.5. The fourth-order valence-corrected chi connectivity index (χ4v) is 1.83. The molecule has 0 aromatic rings. The van der Waals surface area contributed by atoms with Gasteiger partial charge in [0.15, 0.2) is 0 Å². The van der Waals surface area contributed by atoms with Crippen LogP contribution in [0.2, 0.25) is 0 Å². The Labute approximate surface area is 78.5 Å². The molecule has 74 valence electrons. The standard InChI is InChI=1S/C10H17NO2/c1-7-5-8(7)9(12)11-6-10(13)3-2-4-10/h7-8,13H,2-6H2,1H3,(H,11,12)/t7-,8-/m1/s1. The topological polar surface area (TPSA) is 49.3 Å². The predicted octanol–water partition coefficient (Wildman–Crippen LogP) is 0.674. The molecule has 0 saturated heterocycles. The Bertz CT molecular complexity index is 223. The molecule has 0 radical (unpaired) electrons. The van der Waals surface area contributed by atoms with E-state index >= 15 is 0 Å². The Kier molecular flexibility index (Phi) is 2.06. The second-order valence-electron chi connectivity index (χ2n) is 4.62. The van der Waals surface area contributed by atoms with Gasteiger partial charge in [-0.3, -0.25) is 4.79 Å². The molecule has 2 fully saturated rings. The normalized spacial score (nSPS) is 34.9. The second-order valence-corrected chi connectivity index (χ2v) is 4.62. The first-order valence-electron chi connectivity index (χ1n) is 5.11. The molecule has 0 aliphatic heterocycles. The summed E-state index contributed by atoms with van der Waals surface area (Å²) < 4.78 is 0. The monoisotopic (exact) mass is 183 g/mol. The van der Waals surface area contributed by atoms with Crippen molar-refractivity contribution >= 4 is 5.91 Å². The van der Waals surface area contributed by atoms with Crippen molar-refractivity contribution in [1.82, 2.24) is 5.32 Å². The summed E-state index contributed by atoms with van der Waals surface area (Å²) in [6, 6.07) is 0. The summed E-state index contributed by atoms with van der Waals surface area (Å²) in [6.07, 6.45) is 3.79. The van der Waals surface area contributed by atoms with Crippen LogP contribution < -0.4 is 5.32 Å². The van der Waals surface area contributed by atoms with Gasteiger partial charge in [0.1, 0.15) is 0 Å². The lowest BCUT2D eigenvalue weighted by Gasteiger charge is -2.36. The van der Waals surface area contributed by atoms with Crippen molar-refractivity contribution in [2.45, 2.75) is 38.2 Å². The van der Waals surface area contributed by atoms with Gasteiger partial charge in [0.25, 0.3) is 0 Å². The van der Waals surface area contributed by atoms with Crippen molar-refractivity contribution in [3.63, 3.8) is 0 Å². The third-order valence-electron chi connectivity index (χ3n) is 3.32. The van der Waals surface area contributed by atoms with Gasteiger partial charge in [0.2, 0.25) is 5.91 Å². The highest BCUT2D eigenvalue weighted by Crippen LogP contribution is 2.38. The maximum absolute atomic E-state index is 11.4. The third kappa shape index (κ3) is 1.85. The molecule has 0 heterocycles. The first-order chi connectivity index (χ1) is 6.11. The van der Waals surface area contributed by atoms with Crippen LogP contribution in [0, 0.1) is 11.8 Å². The average molecular weight is 183 g/mol. The van der Waals surface area contributed by atoms with Crippen LogP contribution in [0.25, 0.3) is 0 Å². The summed E-state index contributed by atoms with van der Waals surface area (Å²) >= 11 is 0. The van der Waals surface area contributed by atoms with Crippen molar-refractivity contribution in [3.8, 4) is 0 Å². The van der Waals surface area contributed by atoms with E-state index in [4.69, 9.17) is 0 Å². The molecule has 2 aliphatic carbocycles. The van der Waals surface area contributed by atoms with E-state index in [1.807, 2.05) is 0 Å². The predicted molar refractivity (Wildman–Crippen MR) is 49.1 cm³/mol. The summed E-state index contributed by atoms with van der Waals surface area (Å²) in [4.78, 5) is 11.4. The maximum atomic E-state index is 11.4. The average Bonchev–Trinajstić information content (AvgIpc) is 2.75. The van der Waals surface area contributed by atoms with Crippen LogP contribution in [0.15, 0.2) is 0 Å². The fourth-order valence-electron chi connectivity index (χ4n) is 1.83. The van der Waals surface area contributed by atoms with Gasteiger partial charge >= 0.3 is 0 Å². The van der Waals surface area contributed by atoms with Crippen molar-refractivity contribution < 1.29 is 9.90 Å². The smallest absolute Gasteiger partial charge is 0.223 e. The lowest BCUT2D eigenvalue weighted by molar-refractivity contribution is -0.125. The largest absolute Gasteiger partial charge is 0.388 e. The summed E-state index contributed by atoms with van der Waals surface area (Å²) in [6.45, 7) is 2.54. The van der Waals surface area contributed by atoms with E-state index < -0.39 is 5.60 Å². The zero-order valence-electron chi connectivity index (χ0n) is 8.05. The number of hydrogen-bond donors (Lipinski definition) is 2. The van der Waals surface area contributed by atoms with Gasteiger partial charge in [-0.15, -0.1) is 0 Å². The Morgan fingerprint density at radius 1 is 1.62 bits per heavy atom. The van der Waals surface area contributed by atoms with Crippen molar-refractivity contribution in [3.05, 3.63) is 0 Å². The number of aliphatic hydroxyl groups is 1. The van der Waals surface area contributed by atoms with Crippen LogP contribution in [-0.2, 0) is 4.79 Å². The molecule has 0 spiro atoms. The molecule has 2 N–H and O–H groups in total. The summed E-state index contributed by atoms with van der Waals surface area (Å²) in [5.74, 6) is 0.910. The van der Waals surface area contributed by atoms with E-state index in [9.17, 15) is 9.90 Å². The minimum Gasteiger partial charge on any atom is -0.388 e. The van der Waals surface area contributed by atoms with Gasteiger partial charge < -0.3 is 10.4 Å². The zero-order valence-corrected chi connectivity index (χ0v) is 8.05. The van der Waals surface area contributed by atoms with Crippen molar-refractivity contribution in [2.75, 3.05) is 6.54 Å². The van der Waals surface area contributed by atoms with Gasteiger partial charge in [-0.05, 0) is 31.6 Å². The molecule has 0 aromatic carbocycles. The quantitative estimate of drug-likeness (QED) is 0.675. The van der Waals surface area contributed by atoms with Gasteiger partial charge in [-0.2, -0.15) is 0 Å². The van der Waals surface area contributed by atoms with E-state index in [1.54, 1.807) is 0 Å². The molecular weight excluding hydrogens is 166 g/mol. The molecule has 1 amide bonds. The van der Waals surface area contributed by atoms with Crippen LogP contribution in [0.4, 0.5) is 0 Å². The van der Waals surface area contributed by atoms with Crippen molar-refractivity contribution in [1.29, 1.82) is 0 Å². The first kappa shape index (κ1) is 9.00. The highest BCUT2D eigenvalue weighted by Gasteiger charge is 2.41. The Morgan fingerprint density at radius 3 is 2.62 bits per heavy atom. The molecule has 0 unspecified atom stereocenters. The van der Waals surface area contributed by atoms with Crippen LogP contribution in [0.1, 0.15) is 32.6 Å². The molecule has 2 aliphatic rings. The van der Waals surface area contributed by atoms with E-state index in [-0.39, 0.29) is 11.8 Å². The minimum absolute atomic E-state index is 0.132. The second kappa shape index (κ2) is 2.98. The number of carbonyl (C=O) groups excluding carboxylic acids is 1. The van der Waals surface area contributed by atoms with E-state index in [1.165, 1.54) is 0 Å². The lowest BCUT2D eigenvalue weighted by Crippen LogP contribution is -2.48. The maximum Gasteiger partial charge on any atom is 0.223 e. The van der Waals surface area contributed by atoms with Gasteiger partial charge in [-0.1, -0.05) is 6.92 Å². The van der Waals surface area contributed by atoms with E-state index in [2.05, 4.69) is 12.2 Å². The highest BCUT2D eigenvalue weighted by atomic mass is 16.3. The van der Waals surface area contributed by atoms with Crippen molar-refractivity contribution in [2.24, 2.45) is 11.8 Å². The van der Waals surface area contributed by atoms with Crippen LogP contribution in [0.3, 0.4) is 0 Å². The number of carbonyl (C=O) groups is 1. The SMILES string of the molecule is C[C@@H]1C[C@H]1C(=O)NCC1(O)CCC1. The summed E-state index contributed by atoms with van der Waals surface area (Å²) in [7, 11) is 0. The molecule has 0 aromatic heterocycles. The molecule has 0 bridgehead atoms. The lowest BCUT2D eigenvalue weighted by atomic mass is 9.80. The molecule has 13 heavy (non-hydrogen) atoms.